The van der Waals surface area contributed by atoms with Gasteiger partial charge in [-0.15, -0.1) is 0 Å². The van der Waals surface area contributed by atoms with Crippen LogP contribution < -0.4 is 15.4 Å². The minimum atomic E-state index is -0.362. The van der Waals surface area contributed by atoms with E-state index in [2.05, 4.69) is 24.5 Å². The normalized spacial score (nSPS) is 10.7. The van der Waals surface area contributed by atoms with Crippen LogP contribution in [0.5, 0.6) is 5.75 Å². The average molecular weight is 296 g/mol. The lowest BCUT2D eigenvalue weighted by Crippen LogP contribution is -2.20. The third-order valence-electron chi connectivity index (χ3n) is 2.99. The molecule has 1 aromatic carbocycles. The summed E-state index contributed by atoms with van der Waals surface area (Å²) in [6.07, 6.45) is 0.943. The quantitative estimate of drug-likeness (QED) is 0.688. The lowest BCUT2D eigenvalue weighted by molar-refractivity contribution is -0.120. The number of carbonyl (C=O) groups excluding carboxylic acids is 1. The fraction of sp³-hybridized carbons (Fsp3) is 0.562. The predicted molar refractivity (Wildman–Crippen MR) is 81.7 cm³/mol. The van der Waals surface area contributed by atoms with Gasteiger partial charge >= 0.3 is 0 Å². The van der Waals surface area contributed by atoms with Gasteiger partial charge in [-0.1, -0.05) is 26.0 Å². The molecule has 0 aliphatic carbocycles. The van der Waals surface area contributed by atoms with Crippen LogP contribution in [-0.2, 0) is 11.3 Å². The topological polar surface area (TPSA) is 50.4 Å². The summed E-state index contributed by atoms with van der Waals surface area (Å²) in [5.74, 6) is 0.422. The van der Waals surface area contributed by atoms with Crippen LogP contribution in [0.1, 0.15) is 32.3 Å². The SMILES string of the molecule is CNC(=O)CCCOc1c(F)cccc1CNCC(C)C. The molecule has 1 aromatic rings. The second-order valence-electron chi connectivity index (χ2n) is 5.38. The van der Waals surface area contributed by atoms with Crippen molar-refractivity contribution in [3.05, 3.63) is 29.6 Å². The smallest absolute Gasteiger partial charge is 0.219 e. The number of ether oxygens (including phenoxy) is 1. The Morgan fingerprint density at radius 3 is 2.81 bits per heavy atom. The molecular weight excluding hydrogens is 271 g/mol. The van der Waals surface area contributed by atoms with Crippen LogP contribution in [0.4, 0.5) is 4.39 Å². The third kappa shape index (κ3) is 6.58. The lowest BCUT2D eigenvalue weighted by Gasteiger charge is -2.14. The van der Waals surface area contributed by atoms with E-state index in [1.165, 1.54) is 6.07 Å². The van der Waals surface area contributed by atoms with Crippen LogP contribution in [-0.4, -0.2) is 26.1 Å². The number of rotatable bonds is 9. The van der Waals surface area contributed by atoms with Gasteiger partial charge in [-0.2, -0.15) is 0 Å². The Kier molecular flexibility index (Phi) is 7.75. The molecule has 2 N–H and O–H groups in total. The Hall–Kier alpha value is -1.62. The molecule has 4 nitrogen and oxygen atoms in total. The van der Waals surface area contributed by atoms with Gasteiger partial charge in [0.05, 0.1) is 6.61 Å². The van der Waals surface area contributed by atoms with Gasteiger partial charge in [-0.05, 0) is 24.9 Å². The minimum absolute atomic E-state index is 0.0362. The highest BCUT2D eigenvalue weighted by atomic mass is 19.1. The van der Waals surface area contributed by atoms with Crippen molar-refractivity contribution >= 4 is 5.91 Å². The molecule has 1 amide bonds. The van der Waals surface area contributed by atoms with E-state index in [1.54, 1.807) is 13.1 Å². The first kappa shape index (κ1) is 17.4. The van der Waals surface area contributed by atoms with E-state index in [4.69, 9.17) is 4.74 Å². The van der Waals surface area contributed by atoms with Crippen LogP contribution in [0.3, 0.4) is 0 Å². The van der Waals surface area contributed by atoms with Crippen LogP contribution in [0.15, 0.2) is 18.2 Å². The second-order valence-corrected chi connectivity index (χ2v) is 5.38. The van der Waals surface area contributed by atoms with Crippen LogP contribution in [0.25, 0.3) is 0 Å². The molecule has 0 saturated heterocycles. The number of carbonyl (C=O) groups is 1. The molecule has 0 radical (unpaired) electrons. The van der Waals surface area contributed by atoms with E-state index in [9.17, 15) is 9.18 Å². The van der Waals surface area contributed by atoms with Crippen LogP contribution in [0.2, 0.25) is 0 Å². The van der Waals surface area contributed by atoms with Gasteiger partial charge in [0.15, 0.2) is 11.6 Å². The maximum absolute atomic E-state index is 13.9. The van der Waals surface area contributed by atoms with Gasteiger partial charge in [0, 0.05) is 25.6 Å². The van der Waals surface area contributed by atoms with Gasteiger partial charge < -0.3 is 15.4 Å². The number of para-hydroxylation sites is 1. The summed E-state index contributed by atoms with van der Waals surface area (Å²) in [4.78, 5) is 11.1. The predicted octanol–water partition coefficient (Wildman–Crippen LogP) is 2.48. The van der Waals surface area contributed by atoms with Crippen molar-refractivity contribution in [2.75, 3.05) is 20.2 Å². The summed E-state index contributed by atoms with van der Waals surface area (Å²) in [6.45, 7) is 6.00. The molecule has 0 heterocycles. The van der Waals surface area contributed by atoms with Crippen molar-refractivity contribution in [1.82, 2.24) is 10.6 Å². The van der Waals surface area contributed by atoms with E-state index in [1.807, 2.05) is 6.07 Å². The summed E-state index contributed by atoms with van der Waals surface area (Å²) in [7, 11) is 1.60. The Morgan fingerprint density at radius 1 is 1.38 bits per heavy atom. The van der Waals surface area contributed by atoms with Crippen molar-refractivity contribution in [1.29, 1.82) is 0 Å². The van der Waals surface area contributed by atoms with Gasteiger partial charge in [-0.25, -0.2) is 4.39 Å². The van der Waals surface area contributed by atoms with Gasteiger partial charge in [-0.3, -0.25) is 4.79 Å². The number of amides is 1. The first-order valence-electron chi connectivity index (χ1n) is 7.36. The number of hydrogen-bond donors (Lipinski definition) is 2. The molecule has 0 unspecified atom stereocenters. The zero-order valence-electron chi connectivity index (χ0n) is 13.0. The van der Waals surface area contributed by atoms with E-state index in [-0.39, 0.29) is 17.5 Å². The highest BCUT2D eigenvalue weighted by molar-refractivity contribution is 5.75. The van der Waals surface area contributed by atoms with Crippen molar-refractivity contribution in [3.8, 4) is 5.75 Å². The molecule has 118 valence electrons. The molecule has 1 rings (SSSR count). The summed E-state index contributed by atoms with van der Waals surface area (Å²) >= 11 is 0. The molecule has 0 spiro atoms. The van der Waals surface area contributed by atoms with E-state index in [0.717, 1.165) is 12.1 Å². The average Bonchev–Trinajstić information content (AvgIpc) is 2.45. The molecule has 0 aromatic heterocycles. The molecule has 0 bridgehead atoms. The van der Waals surface area contributed by atoms with Crippen molar-refractivity contribution in [2.45, 2.75) is 33.2 Å². The molecule has 21 heavy (non-hydrogen) atoms. The van der Waals surface area contributed by atoms with Crippen molar-refractivity contribution < 1.29 is 13.9 Å². The fourth-order valence-electron chi connectivity index (χ4n) is 1.88. The summed E-state index contributed by atoms with van der Waals surface area (Å²) in [6, 6.07) is 4.92. The molecule has 0 saturated carbocycles. The monoisotopic (exact) mass is 296 g/mol. The van der Waals surface area contributed by atoms with Crippen LogP contribution in [0, 0.1) is 11.7 Å². The molecule has 5 heteroatoms. The second kappa shape index (κ2) is 9.34. The van der Waals surface area contributed by atoms with E-state index < -0.39 is 0 Å². The van der Waals surface area contributed by atoms with E-state index >= 15 is 0 Å². The van der Waals surface area contributed by atoms with Gasteiger partial charge in [0.2, 0.25) is 5.91 Å². The molecule has 0 fully saturated rings. The maximum Gasteiger partial charge on any atom is 0.219 e. The molecule has 0 aliphatic heterocycles. The zero-order valence-corrected chi connectivity index (χ0v) is 13.0. The number of benzene rings is 1. The summed E-state index contributed by atoms with van der Waals surface area (Å²) < 4.78 is 19.4. The highest BCUT2D eigenvalue weighted by Gasteiger charge is 2.10. The Morgan fingerprint density at radius 2 is 2.14 bits per heavy atom. The zero-order chi connectivity index (χ0) is 15.7. The molecule has 0 aliphatic rings. The van der Waals surface area contributed by atoms with Gasteiger partial charge in [0.1, 0.15) is 0 Å². The fourth-order valence-corrected chi connectivity index (χ4v) is 1.88. The summed E-state index contributed by atoms with van der Waals surface area (Å²) in [5, 5.41) is 5.82. The Balaban J connectivity index is 2.52. The lowest BCUT2D eigenvalue weighted by atomic mass is 10.1. The van der Waals surface area contributed by atoms with E-state index in [0.29, 0.717) is 31.9 Å². The van der Waals surface area contributed by atoms with Crippen molar-refractivity contribution in [3.63, 3.8) is 0 Å². The van der Waals surface area contributed by atoms with Crippen molar-refractivity contribution in [2.24, 2.45) is 5.92 Å². The minimum Gasteiger partial charge on any atom is -0.490 e. The highest BCUT2D eigenvalue weighted by Crippen LogP contribution is 2.23. The third-order valence-corrected chi connectivity index (χ3v) is 2.99. The standard InChI is InChI=1S/C16H25FN2O2/c1-12(2)10-19-11-13-6-4-7-14(17)16(13)21-9-5-8-15(20)18-3/h4,6-7,12,19H,5,8-11H2,1-3H3,(H,18,20). The van der Waals surface area contributed by atoms with Gasteiger partial charge in [0.25, 0.3) is 0 Å². The largest absolute Gasteiger partial charge is 0.490 e. The Labute approximate surface area is 126 Å². The summed E-state index contributed by atoms with van der Waals surface area (Å²) in [5.41, 5.74) is 0.801. The first-order chi connectivity index (χ1) is 10.0. The number of halogens is 1. The first-order valence-corrected chi connectivity index (χ1v) is 7.36. The number of hydrogen-bond acceptors (Lipinski definition) is 3. The molecule has 0 atom stereocenters. The van der Waals surface area contributed by atoms with Crippen LogP contribution >= 0.6 is 0 Å². The maximum atomic E-state index is 13.9. The molecular formula is C16H25FN2O2. The Bertz CT molecular complexity index is 450. The number of nitrogens with one attached hydrogen (secondary N) is 2.